The van der Waals surface area contributed by atoms with E-state index in [1.54, 1.807) is 6.20 Å². The zero-order valence-corrected chi connectivity index (χ0v) is 19.0. The number of hydrogen-bond acceptors (Lipinski definition) is 6. The molecule has 2 aromatic rings. The van der Waals surface area contributed by atoms with Crippen LogP contribution in [-0.4, -0.2) is 63.3 Å². The molecule has 2 aromatic heterocycles. The van der Waals surface area contributed by atoms with Crippen LogP contribution in [0.1, 0.15) is 69.4 Å². The van der Waals surface area contributed by atoms with Crippen LogP contribution in [0, 0.1) is 6.92 Å². The first-order valence-corrected chi connectivity index (χ1v) is 11.7. The van der Waals surface area contributed by atoms with E-state index in [-0.39, 0.29) is 5.91 Å². The van der Waals surface area contributed by atoms with Gasteiger partial charge in [-0.25, -0.2) is 14.6 Å². The maximum atomic E-state index is 12.5. The molecular weight excluding hydrogens is 390 g/mol. The summed E-state index contributed by atoms with van der Waals surface area (Å²) in [5.41, 5.74) is 1.02. The maximum Gasteiger partial charge on any atom is 0.226 e. The highest BCUT2D eigenvalue weighted by Crippen LogP contribution is 2.31. The lowest BCUT2D eigenvalue weighted by Gasteiger charge is -2.35. The number of piperazine rings is 1. The van der Waals surface area contributed by atoms with Gasteiger partial charge < -0.3 is 10.2 Å². The lowest BCUT2D eigenvalue weighted by atomic mass is 10.2. The van der Waals surface area contributed by atoms with Gasteiger partial charge in [0.2, 0.25) is 5.91 Å². The van der Waals surface area contributed by atoms with Crippen LogP contribution in [0.25, 0.3) is 0 Å². The summed E-state index contributed by atoms with van der Waals surface area (Å²) in [5.74, 6) is 3.15. The van der Waals surface area contributed by atoms with Crippen LogP contribution < -0.4 is 10.2 Å². The molecule has 0 atom stereocenters. The van der Waals surface area contributed by atoms with Gasteiger partial charge in [-0.1, -0.05) is 26.7 Å². The molecule has 0 aromatic carbocycles. The van der Waals surface area contributed by atoms with Crippen LogP contribution in [0.3, 0.4) is 0 Å². The molecule has 1 aliphatic heterocycles. The van der Waals surface area contributed by atoms with Crippen molar-refractivity contribution in [2.45, 2.75) is 64.8 Å². The van der Waals surface area contributed by atoms with Crippen LogP contribution in [0.4, 0.5) is 11.6 Å². The molecule has 8 heteroatoms. The van der Waals surface area contributed by atoms with Gasteiger partial charge in [-0.3, -0.25) is 9.69 Å². The predicted molar refractivity (Wildman–Crippen MR) is 122 cm³/mol. The van der Waals surface area contributed by atoms with E-state index in [2.05, 4.69) is 45.1 Å². The quantitative estimate of drug-likeness (QED) is 0.733. The highest BCUT2D eigenvalue weighted by atomic mass is 16.1. The molecule has 2 fully saturated rings. The maximum absolute atomic E-state index is 12.5. The summed E-state index contributed by atoms with van der Waals surface area (Å²) in [4.78, 5) is 26.5. The molecule has 2 aliphatic rings. The largest absolute Gasteiger partial charge is 0.354 e. The first-order chi connectivity index (χ1) is 15.0. The van der Waals surface area contributed by atoms with Crippen LogP contribution >= 0.6 is 0 Å². The van der Waals surface area contributed by atoms with Crippen molar-refractivity contribution in [2.24, 2.45) is 0 Å². The minimum absolute atomic E-state index is 0.0650. The Labute approximate surface area is 185 Å². The molecule has 1 saturated carbocycles. The highest BCUT2D eigenvalue weighted by Gasteiger charge is 2.22. The van der Waals surface area contributed by atoms with Crippen molar-refractivity contribution in [3.05, 3.63) is 29.8 Å². The van der Waals surface area contributed by atoms with E-state index in [0.717, 1.165) is 68.7 Å². The van der Waals surface area contributed by atoms with Crippen molar-refractivity contribution >= 4 is 17.5 Å². The third-order valence-corrected chi connectivity index (χ3v) is 6.33. The van der Waals surface area contributed by atoms with Gasteiger partial charge in [0.25, 0.3) is 0 Å². The van der Waals surface area contributed by atoms with E-state index in [1.165, 1.54) is 12.8 Å². The minimum Gasteiger partial charge on any atom is -0.354 e. The number of anilines is 2. The van der Waals surface area contributed by atoms with Crippen molar-refractivity contribution in [3.63, 3.8) is 0 Å². The molecular formula is C23H35N7O. The molecule has 168 valence electrons. The molecule has 31 heavy (non-hydrogen) atoms. The van der Waals surface area contributed by atoms with Gasteiger partial charge in [0, 0.05) is 62.9 Å². The number of aromatic nitrogens is 4. The number of nitrogens with zero attached hydrogens (tertiary/aromatic N) is 6. The second kappa shape index (κ2) is 9.77. The van der Waals surface area contributed by atoms with Gasteiger partial charge in [-0.05, 0) is 19.8 Å². The first-order valence-electron chi connectivity index (χ1n) is 11.7. The molecule has 0 bridgehead atoms. The summed E-state index contributed by atoms with van der Waals surface area (Å²) in [6.07, 6.45) is 7.08. The lowest BCUT2D eigenvalue weighted by Crippen LogP contribution is -2.47. The Balaban J connectivity index is 1.25. The lowest BCUT2D eigenvalue weighted by molar-refractivity contribution is -0.116. The molecule has 1 N–H and O–H groups in total. The van der Waals surface area contributed by atoms with Crippen molar-refractivity contribution in [2.75, 3.05) is 42.9 Å². The Morgan fingerprint density at radius 2 is 1.90 bits per heavy atom. The van der Waals surface area contributed by atoms with Gasteiger partial charge in [-0.2, -0.15) is 5.10 Å². The van der Waals surface area contributed by atoms with Gasteiger partial charge in [-0.15, -0.1) is 0 Å². The Kier molecular flexibility index (Phi) is 6.85. The molecule has 3 heterocycles. The van der Waals surface area contributed by atoms with E-state index in [9.17, 15) is 4.79 Å². The average Bonchev–Trinajstić information content (AvgIpc) is 3.44. The number of nitrogens with one attached hydrogen (secondary N) is 1. The number of carbonyl (C=O) groups excluding carboxylic acids is 1. The molecule has 1 amide bonds. The van der Waals surface area contributed by atoms with Crippen LogP contribution in [-0.2, 0) is 4.79 Å². The number of carbonyl (C=O) groups is 1. The monoisotopic (exact) mass is 425 g/mol. The van der Waals surface area contributed by atoms with Crippen LogP contribution in [0.15, 0.2) is 18.3 Å². The van der Waals surface area contributed by atoms with E-state index in [4.69, 9.17) is 4.98 Å². The first kappa shape index (κ1) is 21.7. The van der Waals surface area contributed by atoms with Crippen molar-refractivity contribution in [3.8, 4) is 0 Å². The summed E-state index contributed by atoms with van der Waals surface area (Å²) in [6, 6.07) is 4.41. The van der Waals surface area contributed by atoms with E-state index in [1.807, 2.05) is 17.7 Å². The fourth-order valence-corrected chi connectivity index (χ4v) is 4.51. The molecule has 4 rings (SSSR count). The fraction of sp³-hybridized carbons (Fsp3) is 0.652. The molecule has 0 spiro atoms. The normalized spacial score (nSPS) is 18.1. The van der Waals surface area contributed by atoms with Crippen molar-refractivity contribution in [1.29, 1.82) is 0 Å². The Hall–Kier alpha value is -2.48. The Morgan fingerprint density at radius 3 is 2.61 bits per heavy atom. The fourth-order valence-electron chi connectivity index (χ4n) is 4.51. The number of hydrogen-bond donors (Lipinski definition) is 1. The number of rotatable bonds is 7. The standard InChI is InChI=1S/C23H35N7O/c1-17(2)23-25-18(3)16-21(27-23)29-14-12-28(13-15-29)11-9-22(31)26-20-8-10-24-30(20)19-6-4-5-7-19/h8,10,16-17,19H,4-7,9,11-15H2,1-3H3,(H,26,31). The smallest absolute Gasteiger partial charge is 0.226 e. The minimum atomic E-state index is 0.0650. The second-order valence-corrected chi connectivity index (χ2v) is 9.11. The summed E-state index contributed by atoms with van der Waals surface area (Å²) < 4.78 is 2.00. The summed E-state index contributed by atoms with van der Waals surface area (Å²) >= 11 is 0. The topological polar surface area (TPSA) is 79.2 Å². The Morgan fingerprint density at radius 1 is 1.16 bits per heavy atom. The van der Waals surface area contributed by atoms with E-state index >= 15 is 0 Å². The zero-order valence-electron chi connectivity index (χ0n) is 19.0. The van der Waals surface area contributed by atoms with Gasteiger partial charge in [0.1, 0.15) is 17.5 Å². The Bertz CT molecular complexity index is 880. The zero-order chi connectivity index (χ0) is 21.8. The van der Waals surface area contributed by atoms with E-state index in [0.29, 0.717) is 18.4 Å². The van der Waals surface area contributed by atoms with Gasteiger partial charge >= 0.3 is 0 Å². The molecule has 1 aliphatic carbocycles. The molecule has 0 unspecified atom stereocenters. The number of amides is 1. The molecule has 1 saturated heterocycles. The summed E-state index contributed by atoms with van der Waals surface area (Å²) in [6.45, 7) is 10.8. The van der Waals surface area contributed by atoms with E-state index < -0.39 is 0 Å². The highest BCUT2D eigenvalue weighted by molar-refractivity contribution is 5.89. The summed E-state index contributed by atoms with van der Waals surface area (Å²) in [7, 11) is 0. The summed E-state index contributed by atoms with van der Waals surface area (Å²) in [5, 5.41) is 7.51. The molecule has 0 radical (unpaired) electrons. The van der Waals surface area contributed by atoms with Crippen LogP contribution in [0.5, 0.6) is 0 Å². The second-order valence-electron chi connectivity index (χ2n) is 9.11. The third kappa shape index (κ3) is 5.42. The van der Waals surface area contributed by atoms with Gasteiger partial charge in [0.15, 0.2) is 0 Å². The van der Waals surface area contributed by atoms with Crippen molar-refractivity contribution in [1.82, 2.24) is 24.6 Å². The predicted octanol–water partition coefficient (Wildman–Crippen LogP) is 3.37. The van der Waals surface area contributed by atoms with Crippen LogP contribution in [0.2, 0.25) is 0 Å². The van der Waals surface area contributed by atoms with Crippen molar-refractivity contribution < 1.29 is 4.79 Å². The third-order valence-electron chi connectivity index (χ3n) is 6.33. The molecule has 8 nitrogen and oxygen atoms in total. The SMILES string of the molecule is Cc1cc(N2CCN(CCC(=O)Nc3ccnn3C3CCCC3)CC2)nc(C(C)C)n1. The van der Waals surface area contributed by atoms with Gasteiger partial charge in [0.05, 0.1) is 12.2 Å². The average molecular weight is 426 g/mol. The number of aryl methyl sites for hydroxylation is 1.